The molecule has 1 amide bonds. The van der Waals surface area contributed by atoms with Gasteiger partial charge in [-0.15, -0.1) is 0 Å². The quantitative estimate of drug-likeness (QED) is 0.767. The minimum absolute atomic E-state index is 0.473. The zero-order chi connectivity index (χ0) is 10.3. The lowest BCUT2D eigenvalue weighted by Crippen LogP contribution is -2.17. The van der Waals surface area contributed by atoms with E-state index < -0.39 is 23.7 Å². The van der Waals surface area contributed by atoms with Crippen LogP contribution in [0.5, 0.6) is 0 Å². The number of carbonyl (C=O) groups is 1. The monoisotopic (exact) mass is 197 g/mol. The molecule has 1 saturated carbocycles. The molecule has 1 fully saturated rings. The van der Waals surface area contributed by atoms with Crippen molar-refractivity contribution in [2.75, 3.05) is 0 Å². The van der Waals surface area contributed by atoms with Crippen LogP contribution in [0.25, 0.3) is 0 Å². The first-order valence-electron chi connectivity index (χ1n) is 4.27. The van der Waals surface area contributed by atoms with Gasteiger partial charge in [-0.05, 0) is 5.56 Å². The van der Waals surface area contributed by atoms with Crippen molar-refractivity contribution in [3.05, 3.63) is 35.9 Å². The molecular formula is C10H9F2NO. The van der Waals surface area contributed by atoms with Crippen molar-refractivity contribution in [1.29, 1.82) is 0 Å². The van der Waals surface area contributed by atoms with Crippen LogP contribution in [0.2, 0.25) is 0 Å². The second-order valence-electron chi connectivity index (χ2n) is 3.44. The lowest BCUT2D eigenvalue weighted by molar-refractivity contribution is -0.121. The van der Waals surface area contributed by atoms with Gasteiger partial charge in [0.25, 0.3) is 5.92 Å². The number of benzene rings is 1. The third-order valence-corrected chi connectivity index (χ3v) is 2.52. The summed E-state index contributed by atoms with van der Waals surface area (Å²) in [4.78, 5) is 10.7. The summed E-state index contributed by atoms with van der Waals surface area (Å²) in [6, 6.07) is 8.25. The molecule has 1 aromatic carbocycles. The minimum Gasteiger partial charge on any atom is -0.369 e. The summed E-state index contributed by atoms with van der Waals surface area (Å²) in [5, 5.41) is 0. The topological polar surface area (TPSA) is 43.1 Å². The minimum atomic E-state index is -2.97. The number of rotatable bonds is 2. The molecule has 0 heterocycles. The smallest absolute Gasteiger partial charge is 0.268 e. The molecule has 4 heteroatoms. The molecule has 0 unspecified atom stereocenters. The molecule has 2 rings (SSSR count). The third-order valence-electron chi connectivity index (χ3n) is 2.52. The summed E-state index contributed by atoms with van der Waals surface area (Å²) < 4.78 is 26.2. The molecular weight excluding hydrogens is 188 g/mol. The van der Waals surface area contributed by atoms with Crippen molar-refractivity contribution < 1.29 is 13.6 Å². The first-order valence-corrected chi connectivity index (χ1v) is 4.27. The Morgan fingerprint density at radius 1 is 1.29 bits per heavy atom. The highest BCUT2D eigenvalue weighted by molar-refractivity contribution is 5.83. The molecule has 0 saturated heterocycles. The van der Waals surface area contributed by atoms with Gasteiger partial charge in [0, 0.05) is 0 Å². The van der Waals surface area contributed by atoms with Gasteiger partial charge < -0.3 is 5.73 Å². The number of hydrogen-bond acceptors (Lipinski definition) is 1. The first kappa shape index (κ1) is 9.12. The van der Waals surface area contributed by atoms with Gasteiger partial charge in [0.15, 0.2) is 0 Å². The fourth-order valence-electron chi connectivity index (χ4n) is 1.76. The highest BCUT2D eigenvalue weighted by atomic mass is 19.3. The van der Waals surface area contributed by atoms with Crippen LogP contribution >= 0.6 is 0 Å². The molecule has 1 aliphatic rings. The maximum atomic E-state index is 13.1. The van der Waals surface area contributed by atoms with Crippen molar-refractivity contribution in [3.8, 4) is 0 Å². The SMILES string of the molecule is NC(=O)[C@H]1[C@H](c2ccccc2)C1(F)F. The van der Waals surface area contributed by atoms with Crippen LogP contribution in [0, 0.1) is 5.92 Å². The van der Waals surface area contributed by atoms with Gasteiger partial charge in [-0.2, -0.15) is 0 Å². The van der Waals surface area contributed by atoms with Crippen molar-refractivity contribution >= 4 is 5.91 Å². The van der Waals surface area contributed by atoms with E-state index in [0.717, 1.165) is 0 Å². The van der Waals surface area contributed by atoms with Crippen LogP contribution in [0.4, 0.5) is 8.78 Å². The molecule has 2 atom stereocenters. The van der Waals surface area contributed by atoms with Crippen LogP contribution in [-0.2, 0) is 4.79 Å². The Morgan fingerprint density at radius 3 is 2.29 bits per heavy atom. The number of hydrogen-bond donors (Lipinski definition) is 1. The average molecular weight is 197 g/mol. The molecule has 0 aromatic heterocycles. The Kier molecular flexibility index (Phi) is 1.80. The normalized spacial score (nSPS) is 28.4. The van der Waals surface area contributed by atoms with E-state index in [4.69, 9.17) is 5.73 Å². The second kappa shape index (κ2) is 2.77. The number of primary amides is 1. The zero-order valence-corrected chi connectivity index (χ0v) is 7.28. The van der Waals surface area contributed by atoms with E-state index in [9.17, 15) is 13.6 Å². The molecule has 2 N–H and O–H groups in total. The fraction of sp³-hybridized carbons (Fsp3) is 0.300. The van der Waals surface area contributed by atoms with Gasteiger partial charge in [-0.3, -0.25) is 4.79 Å². The Labute approximate surface area is 79.7 Å². The van der Waals surface area contributed by atoms with E-state index in [2.05, 4.69) is 0 Å². The average Bonchev–Trinajstić information content (AvgIpc) is 2.71. The molecule has 2 nitrogen and oxygen atoms in total. The second-order valence-corrected chi connectivity index (χ2v) is 3.44. The summed E-state index contributed by atoms with van der Waals surface area (Å²) in [6.45, 7) is 0. The summed E-state index contributed by atoms with van der Waals surface area (Å²) >= 11 is 0. The maximum absolute atomic E-state index is 13.1. The van der Waals surface area contributed by atoms with Crippen LogP contribution in [0.1, 0.15) is 11.5 Å². The number of halogens is 2. The summed E-state index contributed by atoms with van der Waals surface area (Å²) in [6.07, 6.45) is 0. The van der Waals surface area contributed by atoms with E-state index in [1.807, 2.05) is 0 Å². The van der Waals surface area contributed by atoms with E-state index in [-0.39, 0.29) is 0 Å². The van der Waals surface area contributed by atoms with Gasteiger partial charge in [0.05, 0.1) is 5.92 Å². The van der Waals surface area contributed by atoms with Crippen LogP contribution in [0.3, 0.4) is 0 Å². The summed E-state index contributed by atoms with van der Waals surface area (Å²) in [7, 11) is 0. The summed E-state index contributed by atoms with van der Waals surface area (Å²) in [5.41, 5.74) is 5.36. The molecule has 74 valence electrons. The first-order chi connectivity index (χ1) is 6.55. The molecule has 14 heavy (non-hydrogen) atoms. The number of nitrogens with two attached hydrogens (primary N) is 1. The van der Waals surface area contributed by atoms with E-state index in [1.165, 1.54) is 0 Å². The predicted molar refractivity (Wildman–Crippen MR) is 46.8 cm³/mol. The number of carbonyl (C=O) groups excluding carboxylic acids is 1. The van der Waals surface area contributed by atoms with Crippen molar-refractivity contribution in [2.45, 2.75) is 11.8 Å². The van der Waals surface area contributed by atoms with Gasteiger partial charge in [0.2, 0.25) is 5.91 Å². The van der Waals surface area contributed by atoms with Gasteiger partial charge >= 0.3 is 0 Å². The molecule has 0 spiro atoms. The lowest BCUT2D eigenvalue weighted by atomic mass is 10.1. The summed E-state index contributed by atoms with van der Waals surface area (Å²) in [5.74, 6) is -6.25. The lowest BCUT2D eigenvalue weighted by Gasteiger charge is -1.96. The zero-order valence-electron chi connectivity index (χ0n) is 7.28. The highest BCUT2D eigenvalue weighted by Gasteiger charge is 2.71. The van der Waals surface area contributed by atoms with Gasteiger partial charge in [-0.25, -0.2) is 8.78 Å². The molecule has 1 aromatic rings. The molecule has 1 aliphatic carbocycles. The maximum Gasteiger partial charge on any atom is 0.268 e. The van der Waals surface area contributed by atoms with E-state index >= 15 is 0 Å². The molecule has 0 bridgehead atoms. The van der Waals surface area contributed by atoms with E-state index in [0.29, 0.717) is 5.56 Å². The Morgan fingerprint density at radius 2 is 1.86 bits per heavy atom. The van der Waals surface area contributed by atoms with Crippen LogP contribution < -0.4 is 5.73 Å². The van der Waals surface area contributed by atoms with Crippen LogP contribution in [0.15, 0.2) is 30.3 Å². The number of alkyl halides is 2. The van der Waals surface area contributed by atoms with Gasteiger partial charge in [0.1, 0.15) is 5.92 Å². The number of amides is 1. The van der Waals surface area contributed by atoms with Crippen molar-refractivity contribution in [2.24, 2.45) is 11.7 Å². The van der Waals surface area contributed by atoms with Crippen LogP contribution in [-0.4, -0.2) is 11.8 Å². The Hall–Kier alpha value is -1.45. The van der Waals surface area contributed by atoms with Gasteiger partial charge in [-0.1, -0.05) is 30.3 Å². The molecule has 0 radical (unpaired) electrons. The third kappa shape index (κ3) is 1.18. The Balaban J connectivity index is 2.28. The van der Waals surface area contributed by atoms with E-state index in [1.54, 1.807) is 30.3 Å². The largest absolute Gasteiger partial charge is 0.369 e. The van der Waals surface area contributed by atoms with Crippen molar-refractivity contribution in [3.63, 3.8) is 0 Å². The predicted octanol–water partition coefficient (Wildman–Crippen LogP) is 1.52. The van der Waals surface area contributed by atoms with Crippen molar-refractivity contribution in [1.82, 2.24) is 0 Å². The highest BCUT2D eigenvalue weighted by Crippen LogP contribution is 2.61. The molecule has 0 aliphatic heterocycles. The fourth-order valence-corrected chi connectivity index (χ4v) is 1.76. The Bertz CT molecular complexity index is 364. The standard InChI is InChI=1S/C10H9F2NO/c11-10(12)7(8(10)9(13)14)6-4-2-1-3-5-6/h1-5,7-8H,(H2,13,14)/t7-,8+/m0/s1.